The zero-order valence-corrected chi connectivity index (χ0v) is 10.9. The van der Waals surface area contributed by atoms with Crippen LogP contribution in [0.25, 0.3) is 0 Å². The van der Waals surface area contributed by atoms with Crippen molar-refractivity contribution in [1.29, 1.82) is 0 Å². The lowest BCUT2D eigenvalue weighted by Crippen LogP contribution is -2.15. The van der Waals surface area contributed by atoms with Crippen molar-refractivity contribution in [3.63, 3.8) is 0 Å². The highest BCUT2D eigenvalue weighted by molar-refractivity contribution is 5.26. The van der Waals surface area contributed by atoms with Gasteiger partial charge in [0.05, 0.1) is 19.3 Å². The fraction of sp³-hybridized carbons (Fsp3) is 0.600. The van der Waals surface area contributed by atoms with Crippen molar-refractivity contribution in [1.82, 2.24) is 0 Å². The van der Waals surface area contributed by atoms with Crippen LogP contribution in [-0.2, 0) is 9.47 Å². The molecule has 3 unspecified atom stereocenters. The topological polar surface area (TPSA) is 38.7 Å². The minimum absolute atomic E-state index is 0.238. The lowest BCUT2D eigenvalue weighted by Gasteiger charge is -2.10. The summed E-state index contributed by atoms with van der Waals surface area (Å²) in [5.74, 6) is 0.957. The summed E-state index contributed by atoms with van der Waals surface area (Å²) in [6, 6.07) is 10.4. The van der Waals surface area contributed by atoms with E-state index < -0.39 is 0 Å². The molecule has 1 aromatic rings. The van der Waals surface area contributed by atoms with Crippen molar-refractivity contribution in [3.8, 4) is 0 Å². The zero-order valence-electron chi connectivity index (χ0n) is 10.9. The number of hydrogen-bond donors (Lipinski definition) is 1. The maximum absolute atomic E-state index is 10.1. The summed E-state index contributed by atoms with van der Waals surface area (Å²) in [5, 5.41) is 10.1. The third-order valence-electron chi connectivity index (χ3n) is 3.55. The minimum atomic E-state index is -0.238. The van der Waals surface area contributed by atoms with E-state index in [1.54, 1.807) is 7.11 Å². The molecule has 0 aliphatic heterocycles. The largest absolute Gasteiger partial charge is 0.393 e. The molecule has 1 fully saturated rings. The predicted molar refractivity (Wildman–Crippen MR) is 70.6 cm³/mol. The van der Waals surface area contributed by atoms with Gasteiger partial charge in [0.15, 0.2) is 0 Å². The van der Waals surface area contributed by atoms with E-state index in [1.165, 1.54) is 5.56 Å². The summed E-state index contributed by atoms with van der Waals surface area (Å²) in [6.45, 7) is 1.84. The molecule has 1 aliphatic rings. The number of hydrogen-bond acceptors (Lipinski definition) is 3. The molecule has 18 heavy (non-hydrogen) atoms. The lowest BCUT2D eigenvalue weighted by atomic mass is 10.1. The van der Waals surface area contributed by atoms with Crippen LogP contribution in [0.1, 0.15) is 24.3 Å². The molecule has 3 atom stereocenters. The summed E-state index contributed by atoms with van der Waals surface area (Å²) in [6.07, 6.45) is 1.58. The van der Waals surface area contributed by atoms with Gasteiger partial charge < -0.3 is 14.6 Å². The van der Waals surface area contributed by atoms with Crippen molar-refractivity contribution >= 4 is 0 Å². The number of methoxy groups -OCH3 is 1. The molecule has 0 amide bonds. The first-order chi connectivity index (χ1) is 8.83. The first kappa shape index (κ1) is 13.5. The highest BCUT2D eigenvalue weighted by Crippen LogP contribution is 2.50. The molecule has 3 nitrogen and oxygen atoms in total. The second-order valence-electron chi connectivity index (χ2n) is 4.88. The van der Waals surface area contributed by atoms with E-state index in [0.29, 0.717) is 31.7 Å². The highest BCUT2D eigenvalue weighted by Gasteiger charge is 2.42. The Morgan fingerprint density at radius 2 is 2.00 bits per heavy atom. The van der Waals surface area contributed by atoms with Crippen molar-refractivity contribution in [2.45, 2.75) is 24.9 Å². The van der Waals surface area contributed by atoms with Gasteiger partial charge in [-0.15, -0.1) is 0 Å². The van der Waals surface area contributed by atoms with Crippen LogP contribution >= 0.6 is 0 Å². The van der Waals surface area contributed by atoms with E-state index in [4.69, 9.17) is 9.47 Å². The van der Waals surface area contributed by atoms with Crippen molar-refractivity contribution < 1.29 is 14.6 Å². The van der Waals surface area contributed by atoms with Gasteiger partial charge in [-0.2, -0.15) is 0 Å². The molecule has 100 valence electrons. The Morgan fingerprint density at radius 1 is 1.22 bits per heavy atom. The first-order valence-electron chi connectivity index (χ1n) is 6.62. The van der Waals surface area contributed by atoms with Crippen molar-refractivity contribution in [2.24, 2.45) is 5.92 Å². The molecule has 0 spiro atoms. The fourth-order valence-corrected chi connectivity index (χ4v) is 2.39. The van der Waals surface area contributed by atoms with Crippen molar-refractivity contribution in [2.75, 3.05) is 26.9 Å². The molecule has 0 bridgehead atoms. The van der Waals surface area contributed by atoms with Gasteiger partial charge in [-0.25, -0.2) is 0 Å². The molecular formula is C15H22O3. The second-order valence-corrected chi connectivity index (χ2v) is 4.88. The molecule has 0 radical (unpaired) electrons. The summed E-state index contributed by atoms with van der Waals surface area (Å²) in [7, 11) is 1.66. The lowest BCUT2D eigenvalue weighted by molar-refractivity contribution is 0.0423. The van der Waals surface area contributed by atoms with E-state index in [1.807, 2.05) is 6.07 Å². The molecule has 1 aromatic carbocycles. The number of ether oxygens (including phenoxy) is 2. The smallest absolute Gasteiger partial charge is 0.0700 e. The summed E-state index contributed by atoms with van der Waals surface area (Å²) in [5.41, 5.74) is 1.35. The van der Waals surface area contributed by atoms with Crippen LogP contribution < -0.4 is 0 Å². The maximum atomic E-state index is 10.1. The van der Waals surface area contributed by atoms with Gasteiger partial charge in [0.1, 0.15) is 0 Å². The molecule has 0 heterocycles. The normalized spacial score (nSPS) is 23.9. The van der Waals surface area contributed by atoms with Gasteiger partial charge in [0, 0.05) is 13.7 Å². The van der Waals surface area contributed by atoms with E-state index in [9.17, 15) is 5.11 Å². The summed E-state index contributed by atoms with van der Waals surface area (Å²) in [4.78, 5) is 0. The Labute approximate surface area is 109 Å². The second kappa shape index (κ2) is 6.88. The van der Waals surface area contributed by atoms with E-state index in [0.717, 1.165) is 12.8 Å². The fourth-order valence-electron chi connectivity index (χ4n) is 2.39. The Kier molecular flexibility index (Phi) is 5.17. The number of rotatable bonds is 8. The Hall–Kier alpha value is -0.900. The van der Waals surface area contributed by atoms with Crippen molar-refractivity contribution in [3.05, 3.63) is 35.9 Å². The molecule has 1 N–H and O–H groups in total. The Bertz CT molecular complexity index is 339. The molecule has 0 aromatic heterocycles. The summed E-state index contributed by atoms with van der Waals surface area (Å²) < 4.78 is 10.3. The monoisotopic (exact) mass is 250 g/mol. The zero-order chi connectivity index (χ0) is 12.8. The molecule has 0 saturated heterocycles. The van der Waals surface area contributed by atoms with Crippen LogP contribution in [0.4, 0.5) is 0 Å². The number of aliphatic hydroxyl groups is 1. The van der Waals surface area contributed by atoms with Gasteiger partial charge in [-0.3, -0.25) is 0 Å². The third kappa shape index (κ3) is 3.80. The van der Waals surface area contributed by atoms with Crippen LogP contribution in [0.15, 0.2) is 30.3 Å². The third-order valence-corrected chi connectivity index (χ3v) is 3.55. The first-order valence-corrected chi connectivity index (χ1v) is 6.62. The van der Waals surface area contributed by atoms with Crippen LogP contribution in [0.5, 0.6) is 0 Å². The van der Waals surface area contributed by atoms with E-state index >= 15 is 0 Å². The van der Waals surface area contributed by atoms with E-state index in [2.05, 4.69) is 24.3 Å². The van der Waals surface area contributed by atoms with E-state index in [-0.39, 0.29) is 6.10 Å². The molecule has 2 rings (SSSR count). The van der Waals surface area contributed by atoms with Gasteiger partial charge in [0.2, 0.25) is 0 Å². The average Bonchev–Trinajstić information content (AvgIpc) is 3.20. The maximum Gasteiger partial charge on any atom is 0.0700 e. The quantitative estimate of drug-likeness (QED) is 0.719. The van der Waals surface area contributed by atoms with Gasteiger partial charge >= 0.3 is 0 Å². The van der Waals surface area contributed by atoms with Crippen LogP contribution in [0, 0.1) is 5.92 Å². The molecular weight excluding hydrogens is 228 g/mol. The molecule has 3 heteroatoms. The standard InChI is InChI=1S/C15H22O3/c1-17-9-10-18-8-7-15(16)14-11-13(14)12-5-3-2-4-6-12/h2-6,13-16H,7-11H2,1H3. The average molecular weight is 250 g/mol. The number of benzene rings is 1. The Balaban J connectivity index is 1.65. The molecule has 1 aliphatic carbocycles. The molecule has 1 saturated carbocycles. The highest BCUT2D eigenvalue weighted by atomic mass is 16.5. The van der Waals surface area contributed by atoms with Crippen LogP contribution in [-0.4, -0.2) is 38.1 Å². The van der Waals surface area contributed by atoms with Gasteiger partial charge in [-0.05, 0) is 30.2 Å². The SMILES string of the molecule is COCCOCCC(O)C1CC1c1ccccc1. The minimum Gasteiger partial charge on any atom is -0.393 e. The van der Waals surface area contributed by atoms with Gasteiger partial charge in [-0.1, -0.05) is 30.3 Å². The summed E-state index contributed by atoms with van der Waals surface area (Å²) >= 11 is 0. The number of aliphatic hydroxyl groups excluding tert-OH is 1. The van der Waals surface area contributed by atoms with Crippen LogP contribution in [0.3, 0.4) is 0 Å². The predicted octanol–water partition coefficient (Wildman–Crippen LogP) is 2.20. The van der Waals surface area contributed by atoms with Gasteiger partial charge in [0.25, 0.3) is 0 Å². The Morgan fingerprint density at radius 3 is 2.72 bits per heavy atom. The van der Waals surface area contributed by atoms with Crippen LogP contribution in [0.2, 0.25) is 0 Å².